The molecule has 0 aromatic carbocycles. The predicted molar refractivity (Wildman–Crippen MR) is 76.4 cm³/mol. The van der Waals surface area contributed by atoms with E-state index in [0.717, 1.165) is 38.0 Å². The van der Waals surface area contributed by atoms with Crippen molar-refractivity contribution in [3.8, 4) is 0 Å². The Balaban J connectivity index is 2.16. The van der Waals surface area contributed by atoms with Crippen LogP contribution in [0.25, 0.3) is 0 Å². The van der Waals surface area contributed by atoms with Gasteiger partial charge < -0.3 is 16.4 Å². The van der Waals surface area contributed by atoms with Crippen LogP contribution in [-0.2, 0) is 12.8 Å². The molecule has 0 saturated heterocycles. The molecule has 1 amide bonds. The van der Waals surface area contributed by atoms with Gasteiger partial charge in [0.05, 0.1) is 5.56 Å². The average molecular weight is 262 g/mol. The van der Waals surface area contributed by atoms with Gasteiger partial charge in [0.25, 0.3) is 5.91 Å². The van der Waals surface area contributed by atoms with E-state index in [9.17, 15) is 4.79 Å². The Morgan fingerprint density at radius 2 is 2.26 bits per heavy atom. The first-order valence-electron chi connectivity index (χ1n) is 6.83. The maximum Gasteiger partial charge on any atom is 0.252 e. The lowest BCUT2D eigenvalue weighted by molar-refractivity contribution is 0.100. The summed E-state index contributed by atoms with van der Waals surface area (Å²) in [4.78, 5) is 16.1. The number of rotatable bonds is 6. The van der Waals surface area contributed by atoms with E-state index in [1.165, 1.54) is 5.56 Å². The van der Waals surface area contributed by atoms with Gasteiger partial charge in [-0.15, -0.1) is 0 Å². The van der Waals surface area contributed by atoms with Crippen molar-refractivity contribution in [3.63, 3.8) is 0 Å². The number of hydrogen-bond acceptors (Lipinski definition) is 4. The van der Waals surface area contributed by atoms with Gasteiger partial charge in [0.2, 0.25) is 0 Å². The fraction of sp³-hybridized carbons (Fsp3) is 0.571. The van der Waals surface area contributed by atoms with Gasteiger partial charge in [-0.3, -0.25) is 4.79 Å². The number of fused-ring (bicyclic) bond motifs is 1. The Hall–Kier alpha value is -1.62. The topological polar surface area (TPSA) is 80.0 Å². The molecule has 1 aromatic heterocycles. The second-order valence-corrected chi connectivity index (χ2v) is 5.25. The average Bonchev–Trinajstić information content (AvgIpc) is 2.82. The zero-order valence-corrected chi connectivity index (χ0v) is 11.6. The van der Waals surface area contributed by atoms with Gasteiger partial charge in [0.1, 0.15) is 5.82 Å². The molecule has 0 spiro atoms. The third kappa shape index (κ3) is 3.23. The number of primary amides is 1. The van der Waals surface area contributed by atoms with E-state index in [-0.39, 0.29) is 0 Å². The molecule has 5 nitrogen and oxygen atoms in total. The lowest BCUT2D eigenvalue weighted by Gasteiger charge is -2.15. The highest BCUT2D eigenvalue weighted by Crippen LogP contribution is 2.25. The van der Waals surface area contributed by atoms with E-state index in [2.05, 4.69) is 22.5 Å². The number of anilines is 1. The number of pyridine rings is 1. The van der Waals surface area contributed by atoms with Gasteiger partial charge in [-0.25, -0.2) is 4.98 Å². The van der Waals surface area contributed by atoms with Crippen LogP contribution in [0.2, 0.25) is 0 Å². The number of nitrogens with two attached hydrogens (primary N) is 1. The van der Waals surface area contributed by atoms with Crippen LogP contribution >= 0.6 is 0 Å². The highest BCUT2D eigenvalue weighted by Gasteiger charge is 2.19. The lowest BCUT2D eigenvalue weighted by Crippen LogP contribution is -2.24. The molecule has 1 unspecified atom stereocenters. The molecule has 1 aliphatic rings. The summed E-state index contributed by atoms with van der Waals surface area (Å²) >= 11 is 0. The standard InChI is InChI=1S/C14H22N4O/c1-9(7-16-2)8-17-14-11(13(15)19)6-10-4-3-5-12(10)18-14/h6,9,16H,3-5,7-8H2,1-2H3,(H2,15,19)(H,17,18). The Bertz CT molecular complexity index is 473. The first-order valence-corrected chi connectivity index (χ1v) is 6.83. The highest BCUT2D eigenvalue weighted by atomic mass is 16.1. The number of nitrogens with zero attached hydrogens (tertiary/aromatic N) is 1. The fourth-order valence-corrected chi connectivity index (χ4v) is 2.49. The number of nitrogens with one attached hydrogen (secondary N) is 2. The van der Waals surface area contributed by atoms with Crippen LogP contribution in [0.1, 0.15) is 35.0 Å². The minimum absolute atomic E-state index is 0.411. The molecule has 0 fully saturated rings. The predicted octanol–water partition coefficient (Wildman–Crippen LogP) is 0.937. The van der Waals surface area contributed by atoms with Crippen LogP contribution in [0.15, 0.2) is 6.07 Å². The second kappa shape index (κ2) is 6.02. The molecule has 1 atom stereocenters. The van der Waals surface area contributed by atoms with Crippen LogP contribution in [-0.4, -0.2) is 31.0 Å². The summed E-state index contributed by atoms with van der Waals surface area (Å²) in [6.45, 7) is 3.83. The summed E-state index contributed by atoms with van der Waals surface area (Å²) in [6.07, 6.45) is 3.11. The van der Waals surface area contributed by atoms with Crippen LogP contribution in [0.3, 0.4) is 0 Å². The number of carbonyl (C=O) groups is 1. The third-order valence-corrected chi connectivity index (χ3v) is 3.49. The van der Waals surface area contributed by atoms with Gasteiger partial charge in [-0.1, -0.05) is 6.92 Å². The number of hydrogen-bond donors (Lipinski definition) is 3. The largest absolute Gasteiger partial charge is 0.369 e. The molecule has 5 heteroatoms. The quantitative estimate of drug-likeness (QED) is 0.712. The van der Waals surface area contributed by atoms with Crippen molar-refractivity contribution in [3.05, 3.63) is 22.9 Å². The first-order chi connectivity index (χ1) is 9.11. The molecular weight excluding hydrogens is 240 g/mol. The zero-order chi connectivity index (χ0) is 13.8. The molecule has 0 bridgehead atoms. The Labute approximate surface area is 114 Å². The maximum absolute atomic E-state index is 11.5. The molecule has 0 aliphatic heterocycles. The minimum atomic E-state index is -0.411. The monoisotopic (exact) mass is 262 g/mol. The SMILES string of the molecule is CNCC(C)CNc1nc2c(cc1C(N)=O)CCC2. The second-order valence-electron chi connectivity index (χ2n) is 5.25. The van der Waals surface area contributed by atoms with Gasteiger partial charge in [0, 0.05) is 12.2 Å². The van der Waals surface area contributed by atoms with Crippen molar-refractivity contribution >= 4 is 11.7 Å². The maximum atomic E-state index is 11.5. The highest BCUT2D eigenvalue weighted by molar-refractivity contribution is 5.97. The molecule has 2 rings (SSSR count). The molecule has 0 radical (unpaired) electrons. The van der Waals surface area contributed by atoms with Crippen molar-refractivity contribution in [2.24, 2.45) is 11.7 Å². The van der Waals surface area contributed by atoms with E-state index in [1.807, 2.05) is 13.1 Å². The van der Waals surface area contributed by atoms with E-state index >= 15 is 0 Å². The van der Waals surface area contributed by atoms with Crippen molar-refractivity contribution in [2.75, 3.05) is 25.5 Å². The molecule has 1 aromatic rings. The van der Waals surface area contributed by atoms with Gasteiger partial charge >= 0.3 is 0 Å². The smallest absolute Gasteiger partial charge is 0.252 e. The van der Waals surface area contributed by atoms with Crippen LogP contribution in [0.5, 0.6) is 0 Å². The summed E-state index contributed by atoms with van der Waals surface area (Å²) in [5.74, 6) is 0.683. The molecule has 4 N–H and O–H groups in total. The molecule has 19 heavy (non-hydrogen) atoms. The lowest BCUT2D eigenvalue weighted by atomic mass is 10.1. The number of aromatic nitrogens is 1. The van der Waals surface area contributed by atoms with Crippen molar-refractivity contribution < 1.29 is 4.79 Å². The van der Waals surface area contributed by atoms with Gasteiger partial charge in [-0.05, 0) is 50.4 Å². The molecular formula is C14H22N4O. The van der Waals surface area contributed by atoms with Crippen molar-refractivity contribution in [2.45, 2.75) is 26.2 Å². The van der Waals surface area contributed by atoms with Crippen molar-refractivity contribution in [1.29, 1.82) is 0 Å². The summed E-state index contributed by atoms with van der Waals surface area (Å²) in [7, 11) is 1.93. The Morgan fingerprint density at radius 1 is 1.47 bits per heavy atom. The van der Waals surface area contributed by atoms with E-state index in [4.69, 9.17) is 5.73 Å². The first kappa shape index (κ1) is 13.8. The Kier molecular flexibility index (Phi) is 4.37. The summed E-state index contributed by atoms with van der Waals surface area (Å²) in [5.41, 5.74) is 8.23. The molecule has 104 valence electrons. The van der Waals surface area contributed by atoms with Crippen LogP contribution < -0.4 is 16.4 Å². The zero-order valence-electron chi connectivity index (χ0n) is 11.6. The summed E-state index contributed by atoms with van der Waals surface area (Å²) in [5, 5.41) is 6.39. The number of aryl methyl sites for hydroxylation is 2. The molecule has 1 aliphatic carbocycles. The Morgan fingerprint density at radius 3 is 2.95 bits per heavy atom. The fourth-order valence-electron chi connectivity index (χ4n) is 2.49. The number of carbonyl (C=O) groups excluding carboxylic acids is 1. The third-order valence-electron chi connectivity index (χ3n) is 3.49. The van der Waals surface area contributed by atoms with Gasteiger partial charge in [0.15, 0.2) is 0 Å². The summed E-state index contributed by atoms with van der Waals surface area (Å²) < 4.78 is 0. The number of amides is 1. The van der Waals surface area contributed by atoms with Crippen LogP contribution in [0.4, 0.5) is 5.82 Å². The summed E-state index contributed by atoms with van der Waals surface area (Å²) in [6, 6.07) is 1.91. The van der Waals surface area contributed by atoms with Gasteiger partial charge in [-0.2, -0.15) is 0 Å². The van der Waals surface area contributed by atoms with E-state index in [1.54, 1.807) is 0 Å². The molecule has 0 saturated carbocycles. The normalized spacial score (nSPS) is 15.1. The molecule has 1 heterocycles. The minimum Gasteiger partial charge on any atom is -0.369 e. The van der Waals surface area contributed by atoms with E-state index in [0.29, 0.717) is 17.3 Å². The van der Waals surface area contributed by atoms with E-state index < -0.39 is 5.91 Å². The van der Waals surface area contributed by atoms with Crippen LogP contribution in [0, 0.1) is 5.92 Å². The van der Waals surface area contributed by atoms with Crippen molar-refractivity contribution in [1.82, 2.24) is 10.3 Å².